The molecule has 392 valence electrons. The summed E-state index contributed by atoms with van der Waals surface area (Å²) in [5.74, 6) is 0.835. The zero-order chi connectivity index (χ0) is 48.2. The fourth-order valence-corrected chi connectivity index (χ4v) is 9.23. The number of hydrogen-bond acceptors (Lipinski definition) is 6. The van der Waals surface area contributed by atoms with E-state index >= 15 is 0 Å². The van der Waals surface area contributed by atoms with Crippen molar-refractivity contribution in [1.82, 2.24) is 0 Å². The molecule has 0 amide bonds. The minimum atomic E-state index is -0.763. The Morgan fingerprint density at radius 1 is 0.288 bits per heavy atom. The summed E-state index contributed by atoms with van der Waals surface area (Å²) in [5.41, 5.74) is 0. The Hall–Kier alpha value is -1.59. The van der Waals surface area contributed by atoms with Gasteiger partial charge in [-0.15, -0.1) is 0 Å². The van der Waals surface area contributed by atoms with Crippen LogP contribution in [0.4, 0.5) is 0 Å². The summed E-state index contributed by atoms with van der Waals surface area (Å²) in [6.07, 6.45) is 56.6. The lowest BCUT2D eigenvalue weighted by atomic mass is 10.0. The molecule has 6 heteroatoms. The zero-order valence-corrected chi connectivity index (χ0v) is 45.3. The van der Waals surface area contributed by atoms with Crippen LogP contribution in [-0.2, 0) is 28.6 Å². The molecule has 0 spiro atoms. The normalized spacial score (nSPS) is 12.0. The predicted octanol–water partition coefficient (Wildman–Crippen LogP) is 19.7. The van der Waals surface area contributed by atoms with Crippen molar-refractivity contribution in [1.29, 1.82) is 0 Å². The maximum atomic E-state index is 12.9. The molecule has 0 unspecified atom stereocenters. The minimum absolute atomic E-state index is 0.0624. The largest absolute Gasteiger partial charge is 0.462 e. The lowest BCUT2D eigenvalue weighted by Gasteiger charge is -2.18. The van der Waals surface area contributed by atoms with Gasteiger partial charge in [-0.3, -0.25) is 14.4 Å². The van der Waals surface area contributed by atoms with Crippen molar-refractivity contribution >= 4 is 17.9 Å². The van der Waals surface area contributed by atoms with Crippen LogP contribution in [-0.4, -0.2) is 37.2 Å². The second kappa shape index (κ2) is 52.8. The SMILES string of the molecule is CCCCCCCCCCCCCCCCCCCC(=O)OC[C@@H](COC(=O)CCCCCCCCCCCCCCCC(C)C)OC(=O)CCCCCCCCCCCCCCC(C)C. The van der Waals surface area contributed by atoms with Gasteiger partial charge in [-0.05, 0) is 31.1 Å². The molecule has 0 aliphatic carbocycles. The van der Waals surface area contributed by atoms with Crippen LogP contribution in [0, 0.1) is 11.8 Å². The Kier molecular flexibility index (Phi) is 51.5. The first kappa shape index (κ1) is 64.4. The van der Waals surface area contributed by atoms with Crippen LogP contribution < -0.4 is 0 Å². The molecule has 0 rings (SSSR count). The van der Waals surface area contributed by atoms with Gasteiger partial charge in [-0.2, -0.15) is 0 Å². The van der Waals surface area contributed by atoms with E-state index in [0.29, 0.717) is 19.3 Å². The van der Waals surface area contributed by atoms with Crippen molar-refractivity contribution in [2.75, 3.05) is 13.2 Å². The van der Waals surface area contributed by atoms with E-state index in [2.05, 4.69) is 34.6 Å². The summed E-state index contributed by atoms with van der Waals surface area (Å²) in [6, 6.07) is 0. The number of carbonyl (C=O) groups excluding carboxylic acids is 3. The molecule has 0 radical (unpaired) electrons. The summed E-state index contributed by atoms with van der Waals surface area (Å²) < 4.78 is 16.9. The average Bonchev–Trinajstić information content (AvgIpc) is 3.29. The summed E-state index contributed by atoms with van der Waals surface area (Å²) in [5, 5.41) is 0. The first-order valence-corrected chi connectivity index (χ1v) is 29.7. The minimum Gasteiger partial charge on any atom is -0.462 e. The molecule has 0 bridgehead atoms. The van der Waals surface area contributed by atoms with E-state index < -0.39 is 6.10 Å². The molecular weight excluding hydrogens is 817 g/mol. The highest BCUT2D eigenvalue weighted by molar-refractivity contribution is 5.71. The van der Waals surface area contributed by atoms with E-state index in [0.717, 1.165) is 69.6 Å². The number of esters is 3. The fraction of sp³-hybridized carbons (Fsp3) is 0.950. The van der Waals surface area contributed by atoms with Crippen LogP contribution in [0.3, 0.4) is 0 Å². The molecule has 0 aromatic heterocycles. The van der Waals surface area contributed by atoms with E-state index in [1.165, 1.54) is 225 Å². The number of ether oxygens (including phenoxy) is 3. The summed E-state index contributed by atoms with van der Waals surface area (Å²) in [6.45, 7) is 11.4. The van der Waals surface area contributed by atoms with Crippen molar-refractivity contribution in [3.8, 4) is 0 Å². The van der Waals surface area contributed by atoms with E-state index in [1.807, 2.05) is 0 Å². The highest BCUT2D eigenvalue weighted by Crippen LogP contribution is 2.18. The van der Waals surface area contributed by atoms with Crippen LogP contribution >= 0.6 is 0 Å². The van der Waals surface area contributed by atoms with E-state index in [4.69, 9.17) is 14.2 Å². The van der Waals surface area contributed by atoms with Gasteiger partial charge in [0.2, 0.25) is 0 Å². The molecule has 0 saturated carbocycles. The van der Waals surface area contributed by atoms with Crippen molar-refractivity contribution in [3.05, 3.63) is 0 Å². The van der Waals surface area contributed by atoms with Gasteiger partial charge in [0.25, 0.3) is 0 Å². The third-order valence-corrected chi connectivity index (χ3v) is 13.7. The Morgan fingerprint density at radius 2 is 0.500 bits per heavy atom. The maximum Gasteiger partial charge on any atom is 0.306 e. The van der Waals surface area contributed by atoms with Crippen molar-refractivity contribution in [3.63, 3.8) is 0 Å². The predicted molar refractivity (Wildman–Crippen MR) is 284 cm³/mol. The van der Waals surface area contributed by atoms with Gasteiger partial charge in [0.05, 0.1) is 0 Å². The van der Waals surface area contributed by atoms with Gasteiger partial charge in [0.15, 0.2) is 6.10 Å². The summed E-state index contributed by atoms with van der Waals surface area (Å²) >= 11 is 0. The van der Waals surface area contributed by atoms with Crippen LogP contribution in [0.15, 0.2) is 0 Å². The number of carbonyl (C=O) groups is 3. The average molecular weight is 934 g/mol. The van der Waals surface area contributed by atoms with Crippen LogP contribution in [0.25, 0.3) is 0 Å². The maximum absolute atomic E-state index is 12.9. The molecule has 0 fully saturated rings. The van der Waals surface area contributed by atoms with E-state index in [9.17, 15) is 14.4 Å². The van der Waals surface area contributed by atoms with Gasteiger partial charge in [0, 0.05) is 19.3 Å². The summed E-state index contributed by atoms with van der Waals surface area (Å²) in [4.78, 5) is 38.2. The Bertz CT molecular complexity index is 1010. The van der Waals surface area contributed by atoms with Crippen molar-refractivity contribution in [2.45, 2.75) is 343 Å². The lowest BCUT2D eigenvalue weighted by Crippen LogP contribution is -2.30. The molecular formula is C60H116O6. The molecule has 0 N–H and O–H groups in total. The fourth-order valence-electron chi connectivity index (χ4n) is 9.23. The van der Waals surface area contributed by atoms with E-state index in [1.54, 1.807) is 0 Å². The first-order valence-electron chi connectivity index (χ1n) is 29.7. The zero-order valence-electron chi connectivity index (χ0n) is 45.3. The molecule has 0 heterocycles. The van der Waals surface area contributed by atoms with E-state index in [-0.39, 0.29) is 31.1 Å². The smallest absolute Gasteiger partial charge is 0.306 e. The number of unbranched alkanes of at least 4 members (excludes halogenated alkanes) is 39. The van der Waals surface area contributed by atoms with Gasteiger partial charge < -0.3 is 14.2 Å². The molecule has 1 atom stereocenters. The number of rotatable bonds is 54. The molecule has 0 saturated heterocycles. The van der Waals surface area contributed by atoms with Crippen LogP contribution in [0.1, 0.15) is 336 Å². The Morgan fingerprint density at radius 3 is 0.742 bits per heavy atom. The third kappa shape index (κ3) is 53.4. The third-order valence-electron chi connectivity index (χ3n) is 13.7. The lowest BCUT2D eigenvalue weighted by molar-refractivity contribution is -0.167. The number of hydrogen-bond donors (Lipinski definition) is 0. The van der Waals surface area contributed by atoms with Gasteiger partial charge >= 0.3 is 17.9 Å². The second-order valence-corrected chi connectivity index (χ2v) is 21.6. The monoisotopic (exact) mass is 933 g/mol. The van der Waals surface area contributed by atoms with Crippen molar-refractivity contribution < 1.29 is 28.6 Å². The molecule has 6 nitrogen and oxygen atoms in total. The standard InChI is InChI=1S/C60H116O6/c1-6-7-8-9-10-11-12-13-14-15-16-19-25-30-35-40-45-50-58(61)64-53-57(66-60(63)52-47-42-37-32-27-22-21-24-29-34-39-44-49-56(4)5)54-65-59(62)51-46-41-36-31-26-20-17-18-23-28-33-38-43-48-55(2)3/h55-57H,6-54H2,1-5H3/t57-/m0/s1. The highest BCUT2D eigenvalue weighted by Gasteiger charge is 2.19. The molecule has 0 aromatic carbocycles. The van der Waals surface area contributed by atoms with Crippen LogP contribution in [0.2, 0.25) is 0 Å². The van der Waals surface area contributed by atoms with Crippen LogP contribution in [0.5, 0.6) is 0 Å². The quantitative estimate of drug-likeness (QED) is 0.0343. The Balaban J connectivity index is 4.30. The van der Waals surface area contributed by atoms with Gasteiger partial charge in [-0.25, -0.2) is 0 Å². The van der Waals surface area contributed by atoms with Gasteiger partial charge in [0.1, 0.15) is 13.2 Å². The second-order valence-electron chi connectivity index (χ2n) is 21.6. The molecule has 0 aliphatic heterocycles. The molecule has 0 aliphatic rings. The molecule has 66 heavy (non-hydrogen) atoms. The van der Waals surface area contributed by atoms with Gasteiger partial charge in [-0.1, -0.05) is 298 Å². The topological polar surface area (TPSA) is 78.9 Å². The first-order chi connectivity index (χ1) is 32.2. The molecule has 0 aromatic rings. The highest BCUT2D eigenvalue weighted by atomic mass is 16.6. The Labute approximate surface area is 412 Å². The van der Waals surface area contributed by atoms with Crippen molar-refractivity contribution in [2.24, 2.45) is 11.8 Å². The summed E-state index contributed by atoms with van der Waals surface area (Å²) in [7, 11) is 0.